The van der Waals surface area contributed by atoms with E-state index in [1.807, 2.05) is 0 Å². The fourth-order valence-corrected chi connectivity index (χ4v) is 2.93. The molecule has 1 N–H and O–H groups in total. The molecule has 110 valence electrons. The number of nitrogens with one attached hydrogen (secondary N) is 1. The second-order valence-electron chi connectivity index (χ2n) is 5.53. The third-order valence-corrected chi connectivity index (χ3v) is 4.46. The summed E-state index contributed by atoms with van der Waals surface area (Å²) in [5.41, 5.74) is -2.22. The number of carbonyl (C=O) groups excluding carboxylic acids is 4. The topological polar surface area (TPSA) is 90.0 Å². The Bertz CT molecular complexity index is 534. The van der Waals surface area contributed by atoms with E-state index >= 15 is 0 Å². The molecule has 0 aromatic carbocycles. The molecule has 0 bridgehead atoms. The van der Waals surface area contributed by atoms with E-state index in [0.29, 0.717) is 0 Å². The molecule has 2 heterocycles. The van der Waals surface area contributed by atoms with Crippen LogP contribution in [-0.2, 0) is 9.59 Å². The van der Waals surface area contributed by atoms with Gasteiger partial charge in [-0.3, -0.25) is 9.59 Å². The van der Waals surface area contributed by atoms with Gasteiger partial charge in [-0.05, 0) is 20.8 Å². The number of amides is 5. The molecule has 2 atom stereocenters. The van der Waals surface area contributed by atoms with Gasteiger partial charge in [0.05, 0.1) is 6.42 Å². The first-order chi connectivity index (χ1) is 9.07. The second-order valence-corrected chi connectivity index (χ2v) is 5.53. The number of imide groups is 1. The fraction of sp³-hybridized carbons (Fsp3) is 0.667. The number of hydrogen-bond donors (Lipinski definition) is 1. The number of rotatable bonds is 2. The van der Waals surface area contributed by atoms with Crippen molar-refractivity contribution in [2.45, 2.75) is 38.5 Å². The zero-order valence-corrected chi connectivity index (χ0v) is 12.2. The highest BCUT2D eigenvalue weighted by atomic mass is 16.2. The van der Waals surface area contributed by atoms with Gasteiger partial charge in [-0.1, -0.05) is 0 Å². The lowest BCUT2D eigenvalue weighted by molar-refractivity contribution is -0.136. The molecule has 2 aliphatic rings. The molecular weight excluding hydrogens is 266 g/mol. The van der Waals surface area contributed by atoms with Crippen LogP contribution in [0.3, 0.4) is 0 Å². The van der Waals surface area contributed by atoms with Crippen LogP contribution >= 0.6 is 0 Å². The number of Topliss-reactive ketones (excluding diaryl/α,β-unsaturated/α-hetero) is 1. The highest BCUT2D eigenvalue weighted by Gasteiger charge is 2.70. The maximum absolute atomic E-state index is 12.3. The maximum atomic E-state index is 12.3. The molecule has 5 amide bonds. The summed E-state index contributed by atoms with van der Waals surface area (Å²) in [5, 5.41) is 2.67. The van der Waals surface area contributed by atoms with Crippen molar-refractivity contribution < 1.29 is 19.2 Å². The Labute approximate surface area is 116 Å². The zero-order valence-electron chi connectivity index (χ0n) is 12.2. The minimum atomic E-state index is -1.21. The smallest absolute Gasteiger partial charge is 0.311 e. The minimum Gasteiger partial charge on any atom is -0.311 e. The summed E-state index contributed by atoms with van der Waals surface area (Å²) >= 11 is 0. The molecule has 8 heteroatoms. The van der Waals surface area contributed by atoms with E-state index in [4.69, 9.17) is 0 Å². The van der Waals surface area contributed by atoms with E-state index in [0.717, 1.165) is 4.90 Å². The molecule has 0 aromatic rings. The fourth-order valence-electron chi connectivity index (χ4n) is 2.93. The van der Waals surface area contributed by atoms with Crippen LogP contribution in [-0.4, -0.2) is 63.9 Å². The SMILES string of the molecule is CN1C(=O)N[C@]2(C)N(C(=O)C[13C]([13CH3])=O)C(=O)N(C)[C@]12C. The van der Waals surface area contributed by atoms with Gasteiger partial charge in [0.2, 0.25) is 5.91 Å². The van der Waals surface area contributed by atoms with Crippen LogP contribution in [0.2, 0.25) is 0 Å². The Hall–Kier alpha value is -2.12. The average molecular weight is 284 g/mol. The van der Waals surface area contributed by atoms with E-state index in [2.05, 4.69) is 5.32 Å². The van der Waals surface area contributed by atoms with E-state index in [1.54, 1.807) is 20.9 Å². The number of likely N-dealkylation sites (N-methyl/N-ethyl adjacent to an activating group) is 2. The maximum Gasteiger partial charge on any atom is 0.330 e. The van der Waals surface area contributed by atoms with Crippen molar-refractivity contribution in [3.05, 3.63) is 0 Å². The monoisotopic (exact) mass is 284 g/mol. The van der Waals surface area contributed by atoms with Gasteiger partial charge in [0.15, 0.2) is 11.3 Å². The van der Waals surface area contributed by atoms with Crippen LogP contribution in [0.25, 0.3) is 0 Å². The van der Waals surface area contributed by atoms with E-state index in [9.17, 15) is 19.2 Å². The summed E-state index contributed by atoms with van der Waals surface area (Å²) in [6.07, 6.45) is -0.370. The first-order valence-electron chi connectivity index (χ1n) is 6.23. The van der Waals surface area contributed by atoms with Crippen molar-refractivity contribution in [1.82, 2.24) is 20.0 Å². The summed E-state index contributed by atoms with van der Waals surface area (Å²) in [6.45, 7) is 4.58. The molecule has 0 saturated carbocycles. The highest BCUT2D eigenvalue weighted by molar-refractivity contribution is 6.06. The number of hydrogen-bond acceptors (Lipinski definition) is 4. The lowest BCUT2D eigenvalue weighted by atomic mass is 9.97. The summed E-state index contributed by atoms with van der Waals surface area (Å²) in [6, 6.07) is -0.914. The van der Waals surface area contributed by atoms with E-state index in [-0.39, 0.29) is 18.2 Å². The van der Waals surface area contributed by atoms with Crippen molar-refractivity contribution in [2.24, 2.45) is 0 Å². The average Bonchev–Trinajstić information content (AvgIpc) is 2.58. The van der Waals surface area contributed by atoms with Crippen LogP contribution in [0.4, 0.5) is 9.59 Å². The molecule has 2 aliphatic heterocycles. The number of nitrogens with zero attached hydrogens (tertiary/aromatic N) is 3. The lowest BCUT2D eigenvalue weighted by Gasteiger charge is -2.40. The Morgan fingerprint density at radius 2 is 1.70 bits per heavy atom. The third kappa shape index (κ3) is 1.41. The van der Waals surface area contributed by atoms with Gasteiger partial charge in [-0.25, -0.2) is 14.5 Å². The normalized spacial score (nSPS) is 32.5. The number of fused-ring (bicyclic) bond motifs is 1. The number of ketones is 1. The van der Waals surface area contributed by atoms with Crippen LogP contribution < -0.4 is 5.32 Å². The molecule has 0 aliphatic carbocycles. The molecule has 2 saturated heterocycles. The Morgan fingerprint density at radius 3 is 2.20 bits per heavy atom. The van der Waals surface area contributed by atoms with Gasteiger partial charge in [0.1, 0.15) is 5.78 Å². The molecule has 0 unspecified atom stereocenters. The van der Waals surface area contributed by atoms with Gasteiger partial charge in [-0.15, -0.1) is 0 Å². The van der Waals surface area contributed by atoms with Gasteiger partial charge < -0.3 is 15.1 Å². The molecule has 0 spiro atoms. The molecular formula is C12H18N4O4. The van der Waals surface area contributed by atoms with Crippen LogP contribution in [0, 0.1) is 0 Å². The van der Waals surface area contributed by atoms with Crippen molar-refractivity contribution in [3.8, 4) is 0 Å². The quantitative estimate of drug-likeness (QED) is 0.568. The summed E-state index contributed by atoms with van der Waals surface area (Å²) in [5.74, 6) is -0.948. The Kier molecular flexibility index (Phi) is 2.81. The van der Waals surface area contributed by atoms with Crippen molar-refractivity contribution >= 4 is 23.8 Å². The van der Waals surface area contributed by atoms with E-state index < -0.39 is 23.3 Å². The van der Waals surface area contributed by atoms with Crippen molar-refractivity contribution in [2.75, 3.05) is 14.1 Å². The largest absolute Gasteiger partial charge is 0.330 e. The lowest BCUT2D eigenvalue weighted by Crippen LogP contribution is -2.64. The molecule has 8 nitrogen and oxygen atoms in total. The standard InChI is InChI=1S/C12H18N4O4/c1-7(17)6-8(18)16-10(20)15(5)12(3)11(16,2)13-9(19)14(12)4/h6H2,1-5H3,(H,13,19)/t11-,12+/m1/s1/i1+1,7+1. The predicted molar refractivity (Wildman–Crippen MR) is 68.4 cm³/mol. The summed E-state index contributed by atoms with van der Waals surface area (Å²) in [7, 11) is 3.09. The zero-order chi connectivity index (χ0) is 15.5. The van der Waals surface area contributed by atoms with Gasteiger partial charge in [0.25, 0.3) is 0 Å². The molecule has 0 aromatic heterocycles. The summed E-state index contributed by atoms with van der Waals surface area (Å²) in [4.78, 5) is 51.3. The van der Waals surface area contributed by atoms with Gasteiger partial charge in [-0.2, -0.15) is 0 Å². The first kappa shape index (κ1) is 14.3. The third-order valence-electron chi connectivity index (χ3n) is 4.46. The summed E-state index contributed by atoms with van der Waals surface area (Å²) < 4.78 is 0. The first-order valence-corrected chi connectivity index (χ1v) is 6.23. The van der Waals surface area contributed by atoms with Gasteiger partial charge in [0, 0.05) is 14.1 Å². The van der Waals surface area contributed by atoms with Crippen molar-refractivity contribution in [3.63, 3.8) is 0 Å². The Balaban J connectivity index is 2.50. The molecule has 0 radical (unpaired) electrons. The van der Waals surface area contributed by atoms with Crippen LogP contribution in [0.15, 0.2) is 0 Å². The van der Waals surface area contributed by atoms with Crippen molar-refractivity contribution in [1.29, 1.82) is 0 Å². The second kappa shape index (κ2) is 3.94. The molecule has 20 heavy (non-hydrogen) atoms. The molecule has 2 rings (SSSR count). The Morgan fingerprint density at radius 1 is 1.15 bits per heavy atom. The molecule has 2 fully saturated rings. The minimum absolute atomic E-state index is 0.333. The van der Waals surface area contributed by atoms with E-state index in [1.165, 1.54) is 23.8 Å². The number of urea groups is 2. The highest BCUT2D eigenvalue weighted by Crippen LogP contribution is 2.44. The predicted octanol–water partition coefficient (Wildman–Crippen LogP) is -0.0531. The van der Waals surface area contributed by atoms with Crippen LogP contribution in [0.5, 0.6) is 0 Å². The number of carbonyl (C=O) groups is 4. The van der Waals surface area contributed by atoms with Crippen LogP contribution in [0.1, 0.15) is 27.2 Å². The van der Waals surface area contributed by atoms with Gasteiger partial charge >= 0.3 is 12.1 Å².